The maximum Gasteiger partial charge on any atom is 0.161 e. The number of ether oxygens (including phenoxy) is 2. The van der Waals surface area contributed by atoms with Gasteiger partial charge < -0.3 is 24.8 Å². The average molecular weight is 355 g/mol. The first-order valence-corrected chi connectivity index (χ1v) is 6.93. The van der Waals surface area contributed by atoms with E-state index in [1.807, 2.05) is 18.2 Å². The summed E-state index contributed by atoms with van der Waals surface area (Å²) in [6, 6.07) is 5.85. The molecule has 0 saturated carbocycles. The van der Waals surface area contributed by atoms with Crippen molar-refractivity contribution in [2.45, 2.75) is 13.0 Å². The second kappa shape index (κ2) is 13.9. The van der Waals surface area contributed by atoms with Crippen LogP contribution in [0.2, 0.25) is 0 Å². The Morgan fingerprint density at radius 2 is 1.91 bits per heavy atom. The topological polar surface area (TPSA) is 54.0 Å². The Kier molecular flexibility index (Phi) is 14.9. The van der Waals surface area contributed by atoms with Gasteiger partial charge in [-0.05, 0) is 51.3 Å². The zero-order chi connectivity index (χ0) is 14.8. The number of methoxy groups -OCH3 is 1. The van der Waals surface area contributed by atoms with Crippen molar-refractivity contribution in [2.75, 3.05) is 47.5 Å². The Morgan fingerprint density at radius 3 is 2.50 bits per heavy atom. The van der Waals surface area contributed by atoms with Crippen molar-refractivity contribution < 1.29 is 14.6 Å². The SMILES string of the molecule is COc1cc(CNCCCN(C)C)ccc1OCCO.Cl.Cl. The van der Waals surface area contributed by atoms with Gasteiger partial charge in [0, 0.05) is 6.54 Å². The number of aliphatic hydroxyl groups excluding tert-OH is 1. The number of halogens is 2. The highest BCUT2D eigenvalue weighted by Gasteiger charge is 2.05. The van der Waals surface area contributed by atoms with E-state index in [1.165, 1.54) is 0 Å². The highest BCUT2D eigenvalue weighted by molar-refractivity contribution is 5.85. The molecule has 0 spiro atoms. The zero-order valence-corrected chi connectivity index (χ0v) is 15.1. The Bertz CT molecular complexity index is 393. The lowest BCUT2D eigenvalue weighted by molar-refractivity contribution is 0.196. The number of rotatable bonds is 10. The fraction of sp³-hybridized carbons (Fsp3) is 0.600. The molecule has 1 aromatic carbocycles. The molecule has 0 heterocycles. The molecular formula is C15H28Cl2N2O3. The van der Waals surface area contributed by atoms with Crippen LogP contribution in [0.15, 0.2) is 18.2 Å². The number of nitrogens with one attached hydrogen (secondary N) is 1. The molecule has 0 aliphatic rings. The normalized spacial score (nSPS) is 9.86. The van der Waals surface area contributed by atoms with Crippen molar-refractivity contribution >= 4 is 24.8 Å². The van der Waals surface area contributed by atoms with E-state index in [0.29, 0.717) is 11.5 Å². The molecule has 130 valence electrons. The Labute approximate surface area is 145 Å². The molecule has 0 aromatic heterocycles. The van der Waals surface area contributed by atoms with Gasteiger partial charge in [-0.25, -0.2) is 0 Å². The van der Waals surface area contributed by atoms with Crippen molar-refractivity contribution in [1.29, 1.82) is 0 Å². The van der Waals surface area contributed by atoms with Crippen LogP contribution in [0.4, 0.5) is 0 Å². The third-order valence-electron chi connectivity index (χ3n) is 2.86. The summed E-state index contributed by atoms with van der Waals surface area (Å²) in [5.74, 6) is 1.36. The first kappa shape index (κ1) is 23.5. The molecule has 0 atom stereocenters. The minimum atomic E-state index is -0.00165. The van der Waals surface area contributed by atoms with E-state index in [2.05, 4.69) is 24.3 Å². The van der Waals surface area contributed by atoms with E-state index in [4.69, 9.17) is 14.6 Å². The van der Waals surface area contributed by atoms with Gasteiger partial charge in [-0.1, -0.05) is 6.07 Å². The summed E-state index contributed by atoms with van der Waals surface area (Å²) in [5, 5.41) is 12.2. The molecule has 0 unspecified atom stereocenters. The third-order valence-corrected chi connectivity index (χ3v) is 2.86. The summed E-state index contributed by atoms with van der Waals surface area (Å²) < 4.78 is 10.7. The quantitative estimate of drug-likeness (QED) is 0.629. The van der Waals surface area contributed by atoms with E-state index in [9.17, 15) is 0 Å². The number of benzene rings is 1. The Hall–Kier alpha value is -0.720. The van der Waals surface area contributed by atoms with Crippen LogP contribution < -0.4 is 14.8 Å². The van der Waals surface area contributed by atoms with Crippen LogP contribution in [0.3, 0.4) is 0 Å². The first-order valence-electron chi connectivity index (χ1n) is 6.93. The van der Waals surface area contributed by atoms with Gasteiger partial charge in [-0.2, -0.15) is 0 Å². The van der Waals surface area contributed by atoms with Crippen molar-refractivity contribution in [1.82, 2.24) is 10.2 Å². The molecule has 0 aliphatic carbocycles. The van der Waals surface area contributed by atoms with Crippen molar-refractivity contribution in [3.63, 3.8) is 0 Å². The van der Waals surface area contributed by atoms with E-state index >= 15 is 0 Å². The van der Waals surface area contributed by atoms with E-state index in [0.717, 1.165) is 31.6 Å². The predicted octanol–water partition coefficient (Wildman–Crippen LogP) is 1.95. The second-order valence-corrected chi connectivity index (χ2v) is 4.89. The molecule has 0 fully saturated rings. The monoisotopic (exact) mass is 354 g/mol. The van der Waals surface area contributed by atoms with E-state index < -0.39 is 0 Å². The van der Waals surface area contributed by atoms with E-state index in [-0.39, 0.29) is 38.0 Å². The molecule has 1 aromatic rings. The highest BCUT2D eigenvalue weighted by atomic mass is 35.5. The summed E-state index contributed by atoms with van der Waals surface area (Å²) >= 11 is 0. The lowest BCUT2D eigenvalue weighted by Gasteiger charge is -2.12. The van der Waals surface area contributed by atoms with Crippen LogP contribution in [0, 0.1) is 0 Å². The Balaban J connectivity index is 0. The summed E-state index contributed by atoms with van der Waals surface area (Å²) in [7, 11) is 5.78. The number of aliphatic hydroxyl groups is 1. The van der Waals surface area contributed by atoms with Gasteiger partial charge in [-0.15, -0.1) is 24.8 Å². The van der Waals surface area contributed by atoms with Crippen LogP contribution in [-0.2, 0) is 6.54 Å². The maximum absolute atomic E-state index is 8.77. The molecule has 0 saturated heterocycles. The van der Waals surface area contributed by atoms with Gasteiger partial charge >= 0.3 is 0 Å². The average Bonchev–Trinajstić information content (AvgIpc) is 2.44. The molecular weight excluding hydrogens is 327 g/mol. The largest absolute Gasteiger partial charge is 0.493 e. The fourth-order valence-corrected chi connectivity index (χ4v) is 1.85. The van der Waals surface area contributed by atoms with Gasteiger partial charge in [0.2, 0.25) is 0 Å². The summed E-state index contributed by atoms with van der Waals surface area (Å²) in [6.45, 7) is 3.16. The minimum absolute atomic E-state index is 0. The van der Waals surface area contributed by atoms with Gasteiger partial charge in [0.15, 0.2) is 11.5 Å². The van der Waals surface area contributed by atoms with Gasteiger partial charge in [-0.3, -0.25) is 0 Å². The van der Waals surface area contributed by atoms with Gasteiger partial charge in [0.25, 0.3) is 0 Å². The molecule has 22 heavy (non-hydrogen) atoms. The first-order chi connectivity index (χ1) is 9.67. The van der Waals surface area contributed by atoms with Crippen molar-refractivity contribution in [3.8, 4) is 11.5 Å². The zero-order valence-electron chi connectivity index (χ0n) is 13.5. The van der Waals surface area contributed by atoms with Gasteiger partial charge in [0.05, 0.1) is 13.7 Å². The summed E-state index contributed by atoms with van der Waals surface area (Å²) in [5.41, 5.74) is 1.16. The number of hydrogen-bond donors (Lipinski definition) is 2. The van der Waals surface area contributed by atoms with Crippen LogP contribution in [0.5, 0.6) is 11.5 Å². The lowest BCUT2D eigenvalue weighted by Crippen LogP contribution is -2.21. The molecule has 0 radical (unpaired) electrons. The van der Waals surface area contributed by atoms with Crippen LogP contribution in [0.25, 0.3) is 0 Å². The highest BCUT2D eigenvalue weighted by Crippen LogP contribution is 2.27. The van der Waals surface area contributed by atoms with E-state index in [1.54, 1.807) is 7.11 Å². The predicted molar refractivity (Wildman–Crippen MR) is 94.9 cm³/mol. The van der Waals surface area contributed by atoms with Crippen molar-refractivity contribution in [2.24, 2.45) is 0 Å². The molecule has 0 amide bonds. The number of hydrogen-bond acceptors (Lipinski definition) is 5. The van der Waals surface area contributed by atoms with Crippen LogP contribution in [-0.4, -0.2) is 57.5 Å². The van der Waals surface area contributed by atoms with Crippen molar-refractivity contribution in [3.05, 3.63) is 23.8 Å². The van der Waals surface area contributed by atoms with Crippen LogP contribution in [0.1, 0.15) is 12.0 Å². The second-order valence-electron chi connectivity index (χ2n) is 4.89. The smallest absolute Gasteiger partial charge is 0.161 e. The maximum atomic E-state index is 8.77. The van der Waals surface area contributed by atoms with Gasteiger partial charge in [0.1, 0.15) is 6.61 Å². The molecule has 2 N–H and O–H groups in total. The third kappa shape index (κ3) is 9.33. The molecule has 5 nitrogen and oxygen atoms in total. The lowest BCUT2D eigenvalue weighted by atomic mass is 10.2. The summed E-state index contributed by atoms with van der Waals surface area (Å²) in [6.07, 6.45) is 1.13. The van der Waals surface area contributed by atoms with Crippen LogP contribution >= 0.6 is 24.8 Å². The Morgan fingerprint density at radius 1 is 1.18 bits per heavy atom. The molecule has 0 aliphatic heterocycles. The fourth-order valence-electron chi connectivity index (χ4n) is 1.85. The summed E-state index contributed by atoms with van der Waals surface area (Å²) in [4.78, 5) is 2.18. The molecule has 1 rings (SSSR count). The molecule has 7 heteroatoms. The molecule has 0 bridgehead atoms. The standard InChI is InChI=1S/C15H26N2O3.2ClH/c1-17(2)8-4-7-16-12-13-5-6-14(20-10-9-18)15(11-13)19-3;;/h5-6,11,16,18H,4,7-10,12H2,1-3H3;2*1H. The minimum Gasteiger partial charge on any atom is -0.493 e. The number of nitrogens with zero attached hydrogens (tertiary/aromatic N) is 1.